The van der Waals surface area contributed by atoms with Crippen LogP contribution in [-0.4, -0.2) is 15.0 Å². The summed E-state index contributed by atoms with van der Waals surface area (Å²) in [6.45, 7) is 0.109. The molecule has 0 saturated heterocycles. The van der Waals surface area contributed by atoms with E-state index in [0.29, 0.717) is 32.5 Å². The number of nitrogens with zero attached hydrogens (tertiary/aromatic N) is 2. The highest BCUT2D eigenvalue weighted by atomic mass is 35.5. The average Bonchev–Trinajstić information content (AvgIpc) is 2.49. The summed E-state index contributed by atoms with van der Waals surface area (Å²) in [5, 5.41) is 1.34. The largest absolute Gasteiger partial charge is 0.486 e. The Labute approximate surface area is 129 Å². The molecule has 21 heavy (non-hydrogen) atoms. The average molecular weight is 322 g/mol. The number of aromatic amines is 1. The Morgan fingerprint density at radius 3 is 2.86 bits per heavy atom. The van der Waals surface area contributed by atoms with Crippen molar-refractivity contribution in [3.05, 3.63) is 62.9 Å². The number of benzene rings is 1. The molecule has 0 aliphatic carbocycles. The zero-order valence-electron chi connectivity index (χ0n) is 10.6. The van der Waals surface area contributed by atoms with E-state index in [2.05, 4.69) is 15.0 Å². The maximum Gasteiger partial charge on any atom is 0.258 e. The van der Waals surface area contributed by atoms with E-state index in [-0.39, 0.29) is 12.2 Å². The van der Waals surface area contributed by atoms with Crippen LogP contribution in [0.4, 0.5) is 0 Å². The molecule has 0 saturated carbocycles. The molecule has 0 spiro atoms. The lowest BCUT2D eigenvalue weighted by Crippen LogP contribution is -2.13. The summed E-state index contributed by atoms with van der Waals surface area (Å²) < 4.78 is 5.54. The molecule has 1 N–H and O–H groups in total. The van der Waals surface area contributed by atoms with Gasteiger partial charge in [-0.3, -0.25) is 9.78 Å². The van der Waals surface area contributed by atoms with Crippen molar-refractivity contribution in [1.29, 1.82) is 0 Å². The van der Waals surface area contributed by atoms with Crippen molar-refractivity contribution in [2.45, 2.75) is 6.61 Å². The van der Waals surface area contributed by atoms with E-state index in [1.54, 1.807) is 30.5 Å². The quantitative estimate of drug-likeness (QED) is 0.804. The van der Waals surface area contributed by atoms with Crippen LogP contribution in [0.1, 0.15) is 5.82 Å². The molecule has 0 fully saturated rings. The highest BCUT2D eigenvalue weighted by molar-refractivity contribution is 6.42. The molecule has 0 unspecified atom stereocenters. The molecule has 5 nitrogen and oxygen atoms in total. The Kier molecular flexibility index (Phi) is 3.77. The van der Waals surface area contributed by atoms with Crippen LogP contribution in [0.2, 0.25) is 10.0 Å². The van der Waals surface area contributed by atoms with Gasteiger partial charge in [0.2, 0.25) is 0 Å². The first kappa shape index (κ1) is 13.9. The number of nitrogens with one attached hydrogen (secondary N) is 1. The van der Waals surface area contributed by atoms with Crippen molar-refractivity contribution in [1.82, 2.24) is 15.0 Å². The van der Waals surface area contributed by atoms with Gasteiger partial charge in [0, 0.05) is 12.3 Å². The summed E-state index contributed by atoms with van der Waals surface area (Å²) in [6, 6.07) is 6.55. The van der Waals surface area contributed by atoms with Gasteiger partial charge in [-0.1, -0.05) is 23.2 Å². The first-order valence-electron chi connectivity index (χ1n) is 6.04. The molecule has 0 amide bonds. The summed E-state index contributed by atoms with van der Waals surface area (Å²) >= 11 is 11.7. The monoisotopic (exact) mass is 321 g/mol. The molecule has 3 aromatic rings. The molecule has 0 atom stereocenters. The second-order valence-electron chi connectivity index (χ2n) is 4.27. The molecular formula is C14H9Cl2N3O2. The molecule has 2 heterocycles. The van der Waals surface area contributed by atoms with Gasteiger partial charge in [-0.15, -0.1) is 0 Å². The summed E-state index contributed by atoms with van der Waals surface area (Å²) in [6.07, 6.45) is 3.08. The first-order chi connectivity index (χ1) is 10.1. The Morgan fingerprint density at radius 2 is 2.05 bits per heavy atom. The normalized spacial score (nSPS) is 10.8. The van der Waals surface area contributed by atoms with Gasteiger partial charge in [0.15, 0.2) is 0 Å². The lowest BCUT2D eigenvalue weighted by atomic mass is 10.3. The summed E-state index contributed by atoms with van der Waals surface area (Å²) in [4.78, 5) is 22.8. The Hall–Kier alpha value is -2.11. The Balaban J connectivity index is 1.85. The maximum atomic E-state index is 11.9. The van der Waals surface area contributed by atoms with Gasteiger partial charge in [-0.05, 0) is 18.2 Å². The predicted octanol–water partition coefficient (Wildman–Crippen LogP) is 3.20. The molecule has 1 aromatic carbocycles. The number of rotatable bonds is 3. The lowest BCUT2D eigenvalue weighted by Gasteiger charge is -2.07. The number of halogens is 2. The van der Waals surface area contributed by atoms with Gasteiger partial charge >= 0.3 is 0 Å². The number of fused-ring (bicyclic) bond motifs is 1. The number of hydrogen-bond donors (Lipinski definition) is 1. The molecule has 0 aliphatic rings. The third kappa shape index (κ3) is 2.99. The van der Waals surface area contributed by atoms with Gasteiger partial charge in [0.05, 0.1) is 27.1 Å². The Morgan fingerprint density at radius 1 is 1.19 bits per heavy atom. The molecule has 0 radical (unpaired) electrons. The minimum Gasteiger partial charge on any atom is -0.486 e. The molecular weight excluding hydrogens is 313 g/mol. The van der Waals surface area contributed by atoms with E-state index >= 15 is 0 Å². The topological polar surface area (TPSA) is 67.9 Å². The van der Waals surface area contributed by atoms with Crippen LogP contribution in [0.5, 0.6) is 5.75 Å². The van der Waals surface area contributed by atoms with Crippen LogP contribution in [0.25, 0.3) is 10.9 Å². The van der Waals surface area contributed by atoms with Crippen molar-refractivity contribution >= 4 is 34.1 Å². The van der Waals surface area contributed by atoms with Crippen LogP contribution < -0.4 is 10.3 Å². The predicted molar refractivity (Wildman–Crippen MR) is 81.0 cm³/mol. The van der Waals surface area contributed by atoms with Crippen molar-refractivity contribution < 1.29 is 4.74 Å². The van der Waals surface area contributed by atoms with Gasteiger partial charge in [0.1, 0.15) is 18.2 Å². The molecule has 106 valence electrons. The minimum absolute atomic E-state index is 0.109. The van der Waals surface area contributed by atoms with Gasteiger partial charge in [-0.25, -0.2) is 4.98 Å². The number of aromatic nitrogens is 3. The van der Waals surface area contributed by atoms with E-state index in [0.717, 1.165) is 0 Å². The number of H-pyrrole nitrogens is 1. The smallest absolute Gasteiger partial charge is 0.258 e. The van der Waals surface area contributed by atoms with Crippen molar-refractivity contribution in [3.8, 4) is 5.75 Å². The maximum absolute atomic E-state index is 11.9. The van der Waals surface area contributed by atoms with Crippen molar-refractivity contribution in [2.24, 2.45) is 0 Å². The van der Waals surface area contributed by atoms with Gasteiger partial charge < -0.3 is 9.72 Å². The summed E-state index contributed by atoms with van der Waals surface area (Å²) in [5.74, 6) is 0.949. The molecule has 2 aromatic heterocycles. The summed E-state index contributed by atoms with van der Waals surface area (Å²) in [5.41, 5.74) is 0.295. The fourth-order valence-electron chi connectivity index (χ4n) is 1.83. The summed E-state index contributed by atoms with van der Waals surface area (Å²) in [7, 11) is 0. The molecule has 0 bridgehead atoms. The third-order valence-corrected chi connectivity index (χ3v) is 3.56. The lowest BCUT2D eigenvalue weighted by molar-refractivity contribution is 0.296. The highest BCUT2D eigenvalue weighted by Gasteiger charge is 2.05. The second kappa shape index (κ2) is 5.71. The first-order valence-corrected chi connectivity index (χ1v) is 6.80. The minimum atomic E-state index is -0.227. The molecule has 0 aliphatic heterocycles. The molecule has 3 rings (SSSR count). The zero-order chi connectivity index (χ0) is 14.8. The Bertz CT molecular complexity index is 864. The fourth-order valence-corrected chi connectivity index (χ4v) is 2.11. The van der Waals surface area contributed by atoms with E-state index in [9.17, 15) is 4.79 Å². The van der Waals surface area contributed by atoms with E-state index in [1.807, 2.05) is 0 Å². The standard InChI is InChI=1S/C14H9Cl2N3O2/c15-10-2-1-8(5-11(10)16)21-7-13-18-12-6-17-4-3-9(12)14(20)19-13/h1-6H,7H2,(H,18,19,20). The van der Waals surface area contributed by atoms with Crippen LogP contribution >= 0.6 is 23.2 Å². The van der Waals surface area contributed by atoms with Crippen molar-refractivity contribution in [2.75, 3.05) is 0 Å². The number of pyridine rings is 1. The SMILES string of the molecule is O=c1[nH]c(COc2ccc(Cl)c(Cl)c2)nc2cnccc12. The third-order valence-electron chi connectivity index (χ3n) is 2.82. The fraction of sp³-hybridized carbons (Fsp3) is 0.0714. The number of ether oxygens (including phenoxy) is 1. The van der Waals surface area contributed by atoms with Crippen LogP contribution in [0.3, 0.4) is 0 Å². The molecule has 7 heteroatoms. The number of hydrogen-bond acceptors (Lipinski definition) is 4. The van der Waals surface area contributed by atoms with Crippen molar-refractivity contribution in [3.63, 3.8) is 0 Å². The van der Waals surface area contributed by atoms with Gasteiger partial charge in [-0.2, -0.15) is 0 Å². The highest BCUT2D eigenvalue weighted by Crippen LogP contribution is 2.26. The van der Waals surface area contributed by atoms with Crippen LogP contribution in [0, 0.1) is 0 Å². The second-order valence-corrected chi connectivity index (χ2v) is 5.08. The van der Waals surface area contributed by atoms with Gasteiger partial charge in [0.25, 0.3) is 5.56 Å². The van der Waals surface area contributed by atoms with E-state index in [4.69, 9.17) is 27.9 Å². The van der Waals surface area contributed by atoms with E-state index in [1.165, 1.54) is 6.20 Å². The van der Waals surface area contributed by atoms with E-state index < -0.39 is 0 Å². The van der Waals surface area contributed by atoms with Crippen LogP contribution in [0.15, 0.2) is 41.5 Å². The zero-order valence-corrected chi connectivity index (χ0v) is 12.1. The van der Waals surface area contributed by atoms with Crippen LogP contribution in [-0.2, 0) is 6.61 Å².